The third-order valence-electron chi connectivity index (χ3n) is 7.27. The van der Waals surface area contributed by atoms with Crippen LogP contribution in [-0.2, 0) is 0 Å². The Kier molecular flexibility index (Phi) is 7.19. The van der Waals surface area contributed by atoms with Crippen molar-refractivity contribution in [3.63, 3.8) is 0 Å². The number of halogens is 3. The second kappa shape index (κ2) is 10.6. The Labute approximate surface area is 224 Å². The van der Waals surface area contributed by atoms with E-state index in [-0.39, 0.29) is 23.7 Å². The van der Waals surface area contributed by atoms with Crippen molar-refractivity contribution in [2.45, 2.75) is 24.7 Å². The van der Waals surface area contributed by atoms with Crippen LogP contribution in [0.2, 0.25) is 0 Å². The van der Waals surface area contributed by atoms with Crippen molar-refractivity contribution in [3.8, 4) is 17.2 Å². The van der Waals surface area contributed by atoms with Gasteiger partial charge in [-0.2, -0.15) is 18.3 Å². The summed E-state index contributed by atoms with van der Waals surface area (Å²) in [5, 5.41) is 7.16. The maximum atomic E-state index is 14.2. The van der Waals surface area contributed by atoms with Gasteiger partial charge in [0.15, 0.2) is 17.5 Å². The molecule has 0 aliphatic carbocycles. The predicted molar refractivity (Wildman–Crippen MR) is 139 cm³/mol. The summed E-state index contributed by atoms with van der Waals surface area (Å²) in [6, 6.07) is 10.0. The fraction of sp³-hybridized carbons (Fsp3) is 0.407. The molecule has 0 saturated carbocycles. The van der Waals surface area contributed by atoms with Gasteiger partial charge in [-0.15, -0.1) is 0 Å². The number of ether oxygens (including phenoxy) is 3. The van der Waals surface area contributed by atoms with Crippen LogP contribution in [0.25, 0.3) is 0 Å². The zero-order valence-corrected chi connectivity index (χ0v) is 21.9. The molecule has 0 spiro atoms. The summed E-state index contributed by atoms with van der Waals surface area (Å²) in [5.41, 5.74) is 1.63. The molecule has 2 aliphatic rings. The van der Waals surface area contributed by atoms with E-state index in [0.29, 0.717) is 43.2 Å². The smallest absolute Gasteiger partial charge is 0.410 e. The summed E-state index contributed by atoms with van der Waals surface area (Å²) in [7, 11) is 4.56. The highest BCUT2D eigenvalue weighted by Crippen LogP contribution is 2.45. The number of para-hydroxylation sites is 2. The fourth-order valence-corrected chi connectivity index (χ4v) is 5.22. The lowest BCUT2D eigenvalue weighted by Crippen LogP contribution is -2.49. The molecule has 2 atom stereocenters. The van der Waals surface area contributed by atoms with Crippen molar-refractivity contribution < 1.29 is 32.2 Å². The Bertz CT molecular complexity index is 1340. The van der Waals surface area contributed by atoms with Crippen molar-refractivity contribution in [1.82, 2.24) is 14.7 Å². The topological polar surface area (TPSA) is 81.1 Å². The van der Waals surface area contributed by atoms with Crippen LogP contribution in [-0.4, -0.2) is 74.3 Å². The summed E-state index contributed by atoms with van der Waals surface area (Å²) in [5.74, 6) is 1.31. The lowest BCUT2D eigenvalue weighted by Gasteiger charge is -2.37. The molecule has 1 amide bonds. The Hall–Kier alpha value is -4.09. The molecule has 3 heterocycles. The van der Waals surface area contributed by atoms with Crippen LogP contribution in [0.15, 0.2) is 48.7 Å². The van der Waals surface area contributed by atoms with Crippen molar-refractivity contribution in [3.05, 3.63) is 59.8 Å². The van der Waals surface area contributed by atoms with E-state index in [4.69, 9.17) is 14.2 Å². The molecule has 1 saturated heterocycles. The molecule has 5 rings (SSSR count). The Morgan fingerprint density at radius 1 is 0.949 bits per heavy atom. The molecule has 208 valence electrons. The van der Waals surface area contributed by atoms with Gasteiger partial charge in [-0.05, 0) is 29.8 Å². The molecule has 1 aromatic heterocycles. The van der Waals surface area contributed by atoms with Gasteiger partial charge in [0.1, 0.15) is 17.1 Å². The van der Waals surface area contributed by atoms with E-state index in [0.717, 1.165) is 16.1 Å². The number of nitrogens with zero attached hydrogens (tertiary/aromatic N) is 4. The fourth-order valence-electron chi connectivity index (χ4n) is 5.22. The summed E-state index contributed by atoms with van der Waals surface area (Å²) in [6.45, 7) is 1.93. The van der Waals surface area contributed by atoms with Gasteiger partial charge in [0, 0.05) is 32.6 Å². The van der Waals surface area contributed by atoms with Gasteiger partial charge in [0.25, 0.3) is 5.91 Å². The molecule has 2 aromatic carbocycles. The highest BCUT2D eigenvalue weighted by Gasteiger charge is 2.47. The van der Waals surface area contributed by atoms with Gasteiger partial charge in [0.05, 0.1) is 39.3 Å². The number of carbonyl (C=O) groups is 1. The zero-order chi connectivity index (χ0) is 27.7. The Morgan fingerprint density at radius 2 is 1.64 bits per heavy atom. The van der Waals surface area contributed by atoms with E-state index >= 15 is 0 Å². The minimum atomic E-state index is -4.56. The van der Waals surface area contributed by atoms with Gasteiger partial charge in [0.2, 0.25) is 0 Å². The minimum absolute atomic E-state index is 0.0560. The first-order chi connectivity index (χ1) is 18.7. The molecular formula is C27H30F3N5O4. The van der Waals surface area contributed by atoms with Crippen LogP contribution in [0.4, 0.5) is 24.7 Å². The molecule has 39 heavy (non-hydrogen) atoms. The number of benzene rings is 2. The number of rotatable bonds is 6. The monoisotopic (exact) mass is 545 g/mol. The standard InChI is InChI=1S/C27H30F3N5O4/c1-37-21-7-5-4-6-20(21)33-10-12-34(13-11-33)26(36)18-16-31-35-24(27(28,29)30)15-19(32-25(18)35)17-8-9-22(38-2)23(14-17)39-3/h4-9,14,16,19,24,32H,10-13,15H2,1-3H3. The number of alkyl halides is 3. The summed E-state index contributed by atoms with van der Waals surface area (Å²) < 4.78 is 59.4. The molecule has 1 N–H and O–H groups in total. The molecule has 2 aliphatic heterocycles. The van der Waals surface area contributed by atoms with Gasteiger partial charge in [-0.1, -0.05) is 18.2 Å². The van der Waals surface area contributed by atoms with Crippen LogP contribution in [0.5, 0.6) is 17.2 Å². The number of anilines is 2. The lowest BCUT2D eigenvalue weighted by atomic mass is 9.96. The van der Waals surface area contributed by atoms with Crippen LogP contribution in [0.3, 0.4) is 0 Å². The van der Waals surface area contributed by atoms with E-state index in [2.05, 4.69) is 15.3 Å². The van der Waals surface area contributed by atoms with Gasteiger partial charge >= 0.3 is 6.18 Å². The molecule has 3 aromatic rings. The second-order valence-electron chi connectivity index (χ2n) is 9.41. The van der Waals surface area contributed by atoms with Crippen molar-refractivity contribution in [1.29, 1.82) is 0 Å². The first-order valence-electron chi connectivity index (χ1n) is 12.5. The molecule has 12 heteroatoms. The maximum absolute atomic E-state index is 14.2. The number of nitrogens with one attached hydrogen (secondary N) is 1. The van der Waals surface area contributed by atoms with E-state index in [1.807, 2.05) is 24.3 Å². The predicted octanol–water partition coefficient (Wildman–Crippen LogP) is 4.53. The van der Waals surface area contributed by atoms with Gasteiger partial charge in [-0.3, -0.25) is 4.79 Å². The molecule has 0 radical (unpaired) electrons. The highest BCUT2D eigenvalue weighted by atomic mass is 19.4. The number of piperazine rings is 1. The van der Waals surface area contributed by atoms with E-state index in [1.165, 1.54) is 20.4 Å². The first-order valence-corrected chi connectivity index (χ1v) is 12.5. The minimum Gasteiger partial charge on any atom is -0.495 e. The summed E-state index contributed by atoms with van der Waals surface area (Å²) in [4.78, 5) is 17.3. The number of methoxy groups -OCH3 is 3. The SMILES string of the molecule is COc1ccc(C2CC(C(F)(F)F)n3ncc(C(=O)N4CCN(c5ccccc5OC)CC4)c3N2)cc1OC. The third kappa shape index (κ3) is 5.02. The largest absolute Gasteiger partial charge is 0.495 e. The number of fused-ring (bicyclic) bond motifs is 1. The third-order valence-corrected chi connectivity index (χ3v) is 7.27. The highest BCUT2D eigenvalue weighted by molar-refractivity contribution is 5.99. The maximum Gasteiger partial charge on any atom is 0.410 e. The number of amides is 1. The average molecular weight is 546 g/mol. The van der Waals surface area contributed by atoms with Crippen molar-refractivity contribution >= 4 is 17.4 Å². The van der Waals surface area contributed by atoms with Gasteiger partial charge in [-0.25, -0.2) is 4.68 Å². The first kappa shape index (κ1) is 26.5. The molecule has 2 unspecified atom stereocenters. The summed E-state index contributed by atoms with van der Waals surface area (Å²) >= 11 is 0. The van der Waals surface area contributed by atoms with Gasteiger partial charge < -0.3 is 29.3 Å². The Morgan fingerprint density at radius 3 is 2.31 bits per heavy atom. The molecule has 9 nitrogen and oxygen atoms in total. The van der Waals surface area contributed by atoms with Crippen LogP contribution < -0.4 is 24.4 Å². The van der Waals surface area contributed by atoms with Crippen molar-refractivity contribution in [2.75, 3.05) is 57.7 Å². The van der Waals surface area contributed by atoms with E-state index < -0.39 is 18.3 Å². The number of aromatic nitrogens is 2. The van der Waals surface area contributed by atoms with Crippen LogP contribution in [0.1, 0.15) is 34.4 Å². The number of hydrogen-bond donors (Lipinski definition) is 1. The normalized spacial score (nSPS) is 19.2. The van der Waals surface area contributed by atoms with E-state index in [9.17, 15) is 18.0 Å². The van der Waals surface area contributed by atoms with E-state index in [1.54, 1.807) is 30.2 Å². The lowest BCUT2D eigenvalue weighted by molar-refractivity contribution is -0.173. The second-order valence-corrected chi connectivity index (χ2v) is 9.41. The number of hydrogen-bond acceptors (Lipinski definition) is 7. The average Bonchev–Trinajstić information content (AvgIpc) is 3.39. The van der Waals surface area contributed by atoms with Crippen LogP contribution in [0, 0.1) is 0 Å². The quantitative estimate of drug-likeness (QED) is 0.488. The molecule has 0 bridgehead atoms. The number of carbonyl (C=O) groups excluding carboxylic acids is 1. The Balaban J connectivity index is 1.39. The zero-order valence-electron chi connectivity index (χ0n) is 21.9. The van der Waals surface area contributed by atoms with Crippen molar-refractivity contribution in [2.24, 2.45) is 0 Å². The molecule has 1 fully saturated rings. The molecular weight excluding hydrogens is 515 g/mol. The van der Waals surface area contributed by atoms with Crippen LogP contribution >= 0.6 is 0 Å². The summed E-state index contributed by atoms with van der Waals surface area (Å²) in [6.07, 6.45) is -3.62.